The maximum atomic E-state index is 12.2. The van der Waals surface area contributed by atoms with Gasteiger partial charge in [0.05, 0.1) is 11.8 Å². The van der Waals surface area contributed by atoms with Gasteiger partial charge in [0.15, 0.2) is 0 Å². The molecule has 0 aliphatic heterocycles. The minimum absolute atomic E-state index is 0.0966. The fraction of sp³-hybridized carbons (Fsp3) is 0.250. The molecule has 5 nitrogen and oxygen atoms in total. The van der Waals surface area contributed by atoms with Crippen LogP contribution in [0.15, 0.2) is 30.7 Å². The summed E-state index contributed by atoms with van der Waals surface area (Å²) in [5.74, 6) is -0.0966. The highest BCUT2D eigenvalue weighted by molar-refractivity contribution is 7.71. The second-order valence-electron chi connectivity index (χ2n) is 4.10. The smallest absolute Gasteiger partial charge is 0.256 e. The summed E-state index contributed by atoms with van der Waals surface area (Å²) in [4.78, 5) is 16.7. The number of hydrogen-bond acceptors (Lipinski definition) is 3. The molecule has 0 saturated heterocycles. The number of carbonyl (C=O) groups is 1. The number of H-pyrrole nitrogens is 1. The molecule has 1 amide bonds. The van der Waals surface area contributed by atoms with Crippen molar-refractivity contribution in [3.8, 4) is 0 Å². The summed E-state index contributed by atoms with van der Waals surface area (Å²) in [7, 11) is 3.59. The molecule has 0 fully saturated rings. The average Bonchev–Trinajstić information content (AvgIpc) is 2.74. The summed E-state index contributed by atoms with van der Waals surface area (Å²) in [6, 6.07) is 3.49. The van der Waals surface area contributed by atoms with Gasteiger partial charge in [0.2, 0.25) is 0 Å². The standard InChI is InChI=1S/C12H14N4OS/c1-15(7-9-6-14-16(2)8-9)12(17)10-4-3-5-13-11(10)18/h3-6,8H,7H2,1-2H3,(H,13,18). The highest BCUT2D eigenvalue weighted by atomic mass is 32.1. The van der Waals surface area contributed by atoms with Crippen molar-refractivity contribution in [2.45, 2.75) is 6.54 Å². The van der Waals surface area contributed by atoms with Crippen LogP contribution in [0.25, 0.3) is 0 Å². The zero-order valence-electron chi connectivity index (χ0n) is 10.3. The second-order valence-corrected chi connectivity index (χ2v) is 4.50. The lowest BCUT2D eigenvalue weighted by molar-refractivity contribution is 0.0784. The number of aryl methyl sites for hydroxylation is 1. The highest BCUT2D eigenvalue weighted by Crippen LogP contribution is 2.08. The van der Waals surface area contributed by atoms with Crippen LogP contribution in [0.2, 0.25) is 0 Å². The normalized spacial score (nSPS) is 10.3. The molecular formula is C12H14N4OS. The Kier molecular flexibility index (Phi) is 3.57. The monoisotopic (exact) mass is 262 g/mol. The van der Waals surface area contributed by atoms with Gasteiger partial charge in [-0.25, -0.2) is 0 Å². The topological polar surface area (TPSA) is 53.9 Å². The van der Waals surface area contributed by atoms with Gasteiger partial charge >= 0.3 is 0 Å². The van der Waals surface area contributed by atoms with Crippen molar-refractivity contribution in [2.75, 3.05) is 7.05 Å². The van der Waals surface area contributed by atoms with Crippen molar-refractivity contribution in [1.82, 2.24) is 19.7 Å². The Bertz CT molecular complexity index is 616. The second kappa shape index (κ2) is 5.14. The van der Waals surface area contributed by atoms with Crippen LogP contribution in [-0.2, 0) is 13.6 Å². The first-order chi connectivity index (χ1) is 8.58. The summed E-state index contributed by atoms with van der Waals surface area (Å²) in [5.41, 5.74) is 1.50. The van der Waals surface area contributed by atoms with Crippen molar-refractivity contribution in [3.63, 3.8) is 0 Å². The van der Waals surface area contributed by atoms with Crippen LogP contribution in [-0.4, -0.2) is 32.6 Å². The van der Waals surface area contributed by atoms with E-state index < -0.39 is 0 Å². The Labute approximate surface area is 110 Å². The molecular weight excluding hydrogens is 248 g/mol. The Morgan fingerprint density at radius 3 is 3.00 bits per heavy atom. The third kappa shape index (κ3) is 2.65. The molecule has 1 N–H and O–H groups in total. The Balaban J connectivity index is 2.15. The average molecular weight is 262 g/mol. The Hall–Kier alpha value is -1.95. The van der Waals surface area contributed by atoms with Gasteiger partial charge in [0.1, 0.15) is 4.64 Å². The maximum absolute atomic E-state index is 12.2. The van der Waals surface area contributed by atoms with E-state index in [4.69, 9.17) is 12.2 Å². The molecule has 0 aromatic carbocycles. The van der Waals surface area contributed by atoms with Crippen molar-refractivity contribution < 1.29 is 4.79 Å². The zero-order chi connectivity index (χ0) is 13.1. The van der Waals surface area contributed by atoms with E-state index >= 15 is 0 Å². The van der Waals surface area contributed by atoms with Gasteiger partial charge in [0.25, 0.3) is 5.91 Å². The number of carbonyl (C=O) groups excluding carboxylic acids is 1. The minimum Gasteiger partial charge on any atom is -0.352 e. The number of pyridine rings is 1. The molecule has 0 radical (unpaired) electrons. The van der Waals surface area contributed by atoms with Gasteiger partial charge in [0, 0.05) is 38.6 Å². The van der Waals surface area contributed by atoms with E-state index in [1.54, 1.807) is 41.2 Å². The summed E-state index contributed by atoms with van der Waals surface area (Å²) >= 11 is 5.10. The molecule has 0 saturated carbocycles. The molecule has 2 aromatic rings. The number of nitrogens with zero attached hydrogens (tertiary/aromatic N) is 3. The van der Waals surface area contributed by atoms with Crippen molar-refractivity contribution >= 4 is 18.1 Å². The molecule has 6 heteroatoms. The van der Waals surface area contributed by atoms with Gasteiger partial charge in [-0.05, 0) is 12.1 Å². The summed E-state index contributed by atoms with van der Waals surface area (Å²) < 4.78 is 2.17. The Morgan fingerprint density at radius 2 is 2.39 bits per heavy atom. The lowest BCUT2D eigenvalue weighted by atomic mass is 10.2. The third-order valence-electron chi connectivity index (χ3n) is 2.57. The summed E-state index contributed by atoms with van der Waals surface area (Å²) in [6.45, 7) is 0.510. The minimum atomic E-state index is -0.0966. The lowest BCUT2D eigenvalue weighted by Crippen LogP contribution is -2.26. The molecule has 0 aliphatic carbocycles. The van der Waals surface area contributed by atoms with Gasteiger partial charge in [-0.15, -0.1) is 0 Å². The van der Waals surface area contributed by atoms with Gasteiger partial charge < -0.3 is 9.88 Å². The van der Waals surface area contributed by atoms with Crippen LogP contribution in [0.5, 0.6) is 0 Å². The first-order valence-electron chi connectivity index (χ1n) is 5.48. The molecule has 0 spiro atoms. The predicted octanol–water partition coefficient (Wildman–Crippen LogP) is 1.75. The van der Waals surface area contributed by atoms with Gasteiger partial charge in [-0.3, -0.25) is 9.48 Å². The summed E-state index contributed by atoms with van der Waals surface area (Å²) in [6.07, 6.45) is 5.34. The van der Waals surface area contributed by atoms with E-state index in [0.717, 1.165) is 5.56 Å². The number of rotatable bonds is 3. The van der Waals surface area contributed by atoms with E-state index in [1.807, 2.05) is 13.2 Å². The predicted molar refractivity (Wildman–Crippen MR) is 70.6 cm³/mol. The Morgan fingerprint density at radius 1 is 1.61 bits per heavy atom. The quantitative estimate of drug-likeness (QED) is 0.857. The number of hydrogen-bond donors (Lipinski definition) is 1. The van der Waals surface area contributed by atoms with Crippen LogP contribution in [0.1, 0.15) is 15.9 Å². The van der Waals surface area contributed by atoms with E-state index in [9.17, 15) is 4.79 Å². The number of aromatic amines is 1. The van der Waals surface area contributed by atoms with Crippen LogP contribution >= 0.6 is 12.2 Å². The van der Waals surface area contributed by atoms with E-state index in [2.05, 4.69) is 10.1 Å². The van der Waals surface area contributed by atoms with E-state index in [-0.39, 0.29) is 5.91 Å². The largest absolute Gasteiger partial charge is 0.352 e. The molecule has 2 rings (SSSR count). The van der Waals surface area contributed by atoms with Crippen molar-refractivity contribution in [1.29, 1.82) is 0 Å². The summed E-state index contributed by atoms with van der Waals surface area (Å²) in [5, 5.41) is 4.07. The fourth-order valence-corrected chi connectivity index (χ4v) is 1.92. The highest BCUT2D eigenvalue weighted by Gasteiger charge is 2.13. The SMILES string of the molecule is CN(Cc1cnn(C)c1)C(=O)c1ccc[nH]c1=S. The first-order valence-corrected chi connectivity index (χ1v) is 5.89. The van der Waals surface area contributed by atoms with E-state index in [0.29, 0.717) is 16.7 Å². The zero-order valence-corrected chi connectivity index (χ0v) is 11.1. The molecule has 0 bridgehead atoms. The first kappa shape index (κ1) is 12.5. The van der Waals surface area contributed by atoms with Crippen LogP contribution in [0, 0.1) is 4.64 Å². The fourth-order valence-electron chi connectivity index (χ4n) is 1.69. The maximum Gasteiger partial charge on any atom is 0.256 e. The molecule has 2 heterocycles. The van der Waals surface area contributed by atoms with Crippen molar-refractivity contribution in [3.05, 3.63) is 46.5 Å². The molecule has 0 aliphatic rings. The van der Waals surface area contributed by atoms with Crippen molar-refractivity contribution in [2.24, 2.45) is 7.05 Å². The van der Waals surface area contributed by atoms with Gasteiger partial charge in [-0.1, -0.05) is 12.2 Å². The van der Waals surface area contributed by atoms with Gasteiger partial charge in [-0.2, -0.15) is 5.10 Å². The number of aromatic nitrogens is 3. The van der Waals surface area contributed by atoms with Crippen LogP contribution in [0.4, 0.5) is 0 Å². The van der Waals surface area contributed by atoms with E-state index in [1.165, 1.54) is 0 Å². The number of amides is 1. The van der Waals surface area contributed by atoms with Crippen LogP contribution in [0.3, 0.4) is 0 Å². The molecule has 94 valence electrons. The van der Waals surface area contributed by atoms with Crippen LogP contribution < -0.4 is 0 Å². The molecule has 0 atom stereocenters. The number of nitrogens with one attached hydrogen (secondary N) is 1. The molecule has 0 unspecified atom stereocenters. The molecule has 2 aromatic heterocycles. The molecule has 18 heavy (non-hydrogen) atoms. The lowest BCUT2D eigenvalue weighted by Gasteiger charge is -2.16. The third-order valence-corrected chi connectivity index (χ3v) is 2.91.